The largest absolute Gasteiger partial charge is 0.479 e. The second-order valence-corrected chi connectivity index (χ2v) is 6.70. The standard InChI is InChI=1S/C12H17N5OS/c1-12(4-3-5-19-12)6-17-9-8(16-11(17)13)10(18-2)15-7-14-9/h7H,3-6H2,1-2H3,(H2,13,16). The lowest BCUT2D eigenvalue weighted by molar-refractivity contribution is 0.401. The van der Waals surface area contributed by atoms with Crippen LogP contribution in [0.2, 0.25) is 0 Å². The van der Waals surface area contributed by atoms with E-state index in [1.165, 1.54) is 24.9 Å². The van der Waals surface area contributed by atoms with Crippen molar-refractivity contribution >= 4 is 28.9 Å². The molecule has 1 atom stereocenters. The Morgan fingerprint density at radius 3 is 3.05 bits per heavy atom. The van der Waals surface area contributed by atoms with Crippen LogP contribution in [0.15, 0.2) is 6.33 Å². The molecule has 1 fully saturated rings. The van der Waals surface area contributed by atoms with Crippen LogP contribution in [-0.4, -0.2) is 37.1 Å². The van der Waals surface area contributed by atoms with Crippen LogP contribution in [0.3, 0.4) is 0 Å². The van der Waals surface area contributed by atoms with Crippen molar-refractivity contribution in [3.8, 4) is 5.88 Å². The number of aromatic nitrogens is 4. The summed E-state index contributed by atoms with van der Waals surface area (Å²) in [7, 11) is 1.57. The van der Waals surface area contributed by atoms with E-state index in [-0.39, 0.29) is 4.75 Å². The molecular formula is C12H17N5OS. The summed E-state index contributed by atoms with van der Waals surface area (Å²) in [6.07, 6.45) is 3.94. The molecule has 0 bridgehead atoms. The van der Waals surface area contributed by atoms with Gasteiger partial charge in [-0.1, -0.05) is 0 Å². The first-order valence-corrected chi connectivity index (χ1v) is 7.26. The number of methoxy groups -OCH3 is 1. The van der Waals surface area contributed by atoms with Crippen molar-refractivity contribution < 1.29 is 4.74 Å². The van der Waals surface area contributed by atoms with Crippen LogP contribution in [0.1, 0.15) is 19.8 Å². The molecule has 2 aromatic rings. The Morgan fingerprint density at radius 1 is 1.53 bits per heavy atom. The summed E-state index contributed by atoms with van der Waals surface area (Å²) in [5.74, 6) is 2.16. The predicted octanol–water partition coefficient (Wildman–Crippen LogP) is 1.70. The molecule has 0 aromatic carbocycles. The number of ether oxygens (including phenoxy) is 1. The van der Waals surface area contributed by atoms with Crippen molar-refractivity contribution in [2.75, 3.05) is 18.6 Å². The first-order valence-electron chi connectivity index (χ1n) is 6.28. The minimum absolute atomic E-state index is 0.208. The van der Waals surface area contributed by atoms with Crippen LogP contribution in [-0.2, 0) is 6.54 Å². The molecule has 102 valence electrons. The monoisotopic (exact) mass is 279 g/mol. The molecule has 1 aliphatic heterocycles. The second-order valence-electron chi connectivity index (χ2n) is 5.01. The molecule has 3 heterocycles. The van der Waals surface area contributed by atoms with Gasteiger partial charge in [-0.2, -0.15) is 16.7 Å². The summed E-state index contributed by atoms with van der Waals surface area (Å²) >= 11 is 1.99. The van der Waals surface area contributed by atoms with E-state index >= 15 is 0 Å². The summed E-state index contributed by atoms with van der Waals surface area (Å²) < 4.78 is 7.38. The molecule has 0 saturated carbocycles. The van der Waals surface area contributed by atoms with E-state index in [1.807, 2.05) is 16.3 Å². The van der Waals surface area contributed by atoms with E-state index < -0.39 is 0 Å². The van der Waals surface area contributed by atoms with Crippen molar-refractivity contribution in [3.63, 3.8) is 0 Å². The van der Waals surface area contributed by atoms with Crippen molar-refractivity contribution in [1.29, 1.82) is 0 Å². The maximum Gasteiger partial charge on any atom is 0.245 e. The number of imidazole rings is 1. The van der Waals surface area contributed by atoms with Crippen molar-refractivity contribution in [3.05, 3.63) is 6.33 Å². The third-order valence-corrected chi connectivity index (χ3v) is 5.04. The summed E-state index contributed by atoms with van der Waals surface area (Å²) in [4.78, 5) is 12.7. The van der Waals surface area contributed by atoms with E-state index in [2.05, 4.69) is 21.9 Å². The summed E-state index contributed by atoms with van der Waals surface area (Å²) in [6, 6.07) is 0. The molecule has 0 radical (unpaired) electrons. The van der Waals surface area contributed by atoms with E-state index in [1.54, 1.807) is 7.11 Å². The molecule has 2 N–H and O–H groups in total. The van der Waals surface area contributed by atoms with Gasteiger partial charge in [0.25, 0.3) is 0 Å². The molecule has 3 rings (SSSR count). The van der Waals surface area contributed by atoms with Gasteiger partial charge < -0.3 is 10.5 Å². The van der Waals surface area contributed by atoms with Crippen molar-refractivity contribution in [2.24, 2.45) is 0 Å². The van der Waals surface area contributed by atoms with Gasteiger partial charge in [-0.3, -0.25) is 4.57 Å². The number of hydrogen-bond donors (Lipinski definition) is 1. The fourth-order valence-electron chi connectivity index (χ4n) is 2.53. The van der Waals surface area contributed by atoms with E-state index in [0.29, 0.717) is 17.3 Å². The topological polar surface area (TPSA) is 78.8 Å². The van der Waals surface area contributed by atoms with Gasteiger partial charge in [0.05, 0.1) is 7.11 Å². The van der Waals surface area contributed by atoms with Gasteiger partial charge >= 0.3 is 0 Å². The highest BCUT2D eigenvalue weighted by Gasteiger charge is 2.31. The van der Waals surface area contributed by atoms with E-state index in [4.69, 9.17) is 10.5 Å². The Labute approximate surface area is 115 Å². The number of nitrogens with zero attached hydrogens (tertiary/aromatic N) is 4. The van der Waals surface area contributed by atoms with Crippen LogP contribution < -0.4 is 10.5 Å². The third kappa shape index (κ3) is 2.11. The van der Waals surface area contributed by atoms with Crippen LogP contribution in [0.5, 0.6) is 5.88 Å². The van der Waals surface area contributed by atoms with E-state index in [9.17, 15) is 0 Å². The van der Waals surface area contributed by atoms with Gasteiger partial charge in [-0.25, -0.2) is 9.97 Å². The number of fused-ring (bicyclic) bond motifs is 1. The lowest BCUT2D eigenvalue weighted by Crippen LogP contribution is -2.24. The zero-order chi connectivity index (χ0) is 13.5. The fourth-order valence-corrected chi connectivity index (χ4v) is 3.82. The summed E-state index contributed by atoms with van der Waals surface area (Å²) in [5.41, 5.74) is 7.41. The smallest absolute Gasteiger partial charge is 0.245 e. The van der Waals surface area contributed by atoms with Gasteiger partial charge in [0.15, 0.2) is 11.2 Å². The number of nitrogens with two attached hydrogens (primary N) is 1. The fraction of sp³-hybridized carbons (Fsp3) is 0.583. The highest BCUT2D eigenvalue weighted by atomic mass is 32.2. The van der Waals surface area contributed by atoms with Crippen LogP contribution >= 0.6 is 11.8 Å². The Hall–Kier alpha value is -1.50. The van der Waals surface area contributed by atoms with Gasteiger partial charge in [0.1, 0.15) is 6.33 Å². The first kappa shape index (κ1) is 12.5. The zero-order valence-corrected chi connectivity index (χ0v) is 11.9. The van der Waals surface area contributed by atoms with Gasteiger partial charge in [0.2, 0.25) is 11.8 Å². The molecule has 7 heteroatoms. The Bertz CT molecular complexity index is 605. The highest BCUT2D eigenvalue weighted by Crippen LogP contribution is 2.40. The molecule has 0 spiro atoms. The number of rotatable bonds is 3. The molecule has 1 saturated heterocycles. The normalized spacial score (nSPS) is 23.1. The molecule has 1 unspecified atom stereocenters. The van der Waals surface area contributed by atoms with Crippen molar-refractivity contribution in [1.82, 2.24) is 19.5 Å². The first-order chi connectivity index (χ1) is 9.13. The minimum Gasteiger partial charge on any atom is -0.479 e. The molecular weight excluding hydrogens is 262 g/mol. The SMILES string of the molecule is COc1ncnc2c1nc(N)n2CC1(C)CCCS1. The predicted molar refractivity (Wildman–Crippen MR) is 76.4 cm³/mol. The zero-order valence-electron chi connectivity index (χ0n) is 11.1. The number of thioether (sulfide) groups is 1. The van der Waals surface area contributed by atoms with Gasteiger partial charge in [0, 0.05) is 11.3 Å². The average Bonchev–Trinajstić information content (AvgIpc) is 2.95. The maximum atomic E-state index is 6.03. The molecule has 1 aliphatic rings. The van der Waals surface area contributed by atoms with Crippen LogP contribution in [0.4, 0.5) is 5.95 Å². The summed E-state index contributed by atoms with van der Waals surface area (Å²) in [6.45, 7) is 3.09. The highest BCUT2D eigenvalue weighted by molar-refractivity contribution is 8.00. The van der Waals surface area contributed by atoms with Crippen LogP contribution in [0.25, 0.3) is 11.2 Å². The minimum atomic E-state index is 0.208. The maximum absolute atomic E-state index is 6.03. The van der Waals surface area contributed by atoms with E-state index in [0.717, 1.165) is 12.2 Å². The Balaban J connectivity index is 2.06. The average molecular weight is 279 g/mol. The number of hydrogen-bond acceptors (Lipinski definition) is 6. The van der Waals surface area contributed by atoms with Crippen molar-refractivity contribution in [2.45, 2.75) is 31.1 Å². The number of anilines is 1. The lowest BCUT2D eigenvalue weighted by Gasteiger charge is -2.23. The number of nitrogen functional groups attached to an aromatic ring is 1. The molecule has 2 aromatic heterocycles. The molecule has 0 aliphatic carbocycles. The summed E-state index contributed by atoms with van der Waals surface area (Å²) in [5, 5.41) is 0. The molecule has 0 amide bonds. The quantitative estimate of drug-likeness (QED) is 0.921. The Kier molecular flexibility index (Phi) is 3.00. The molecule has 6 nitrogen and oxygen atoms in total. The Morgan fingerprint density at radius 2 is 2.37 bits per heavy atom. The van der Waals surface area contributed by atoms with Gasteiger partial charge in [-0.15, -0.1) is 0 Å². The lowest BCUT2D eigenvalue weighted by atomic mass is 10.1. The van der Waals surface area contributed by atoms with Crippen LogP contribution in [0, 0.1) is 0 Å². The molecule has 19 heavy (non-hydrogen) atoms. The van der Waals surface area contributed by atoms with Gasteiger partial charge in [-0.05, 0) is 25.5 Å². The third-order valence-electron chi connectivity index (χ3n) is 3.51. The second kappa shape index (κ2) is 4.56.